The third kappa shape index (κ3) is 7.57. The van der Waals surface area contributed by atoms with Crippen molar-refractivity contribution in [2.24, 2.45) is 0 Å². The largest absolute Gasteiger partial charge is 0.494 e. The Kier molecular flexibility index (Phi) is 10.9. The molecule has 0 saturated carbocycles. The van der Waals surface area contributed by atoms with Gasteiger partial charge in [0.15, 0.2) is 5.52 Å². The zero-order chi connectivity index (χ0) is 21.6. The molecule has 0 aromatic heterocycles. The summed E-state index contributed by atoms with van der Waals surface area (Å²) >= 11 is 0. The monoisotopic (exact) mass is 419 g/mol. The first-order valence-corrected chi connectivity index (χ1v) is 11.8. The van der Waals surface area contributed by atoms with Crippen molar-refractivity contribution < 1.29 is 9.53 Å². The van der Waals surface area contributed by atoms with Gasteiger partial charge >= 0.3 is 0 Å². The number of aryl methyl sites for hydroxylation is 3. The number of rotatable bonds is 9. The molecule has 1 radical (unpaired) electrons. The number of ether oxygens (including phenoxy) is 1. The molecule has 0 amide bonds. The second-order valence-corrected chi connectivity index (χ2v) is 10.3. The topological polar surface area (TPSA) is 26.3 Å². The maximum atomic E-state index is 13.1. The third-order valence-electron chi connectivity index (χ3n) is 5.34. The number of hydrogen-bond donors (Lipinski definition) is 0. The van der Waals surface area contributed by atoms with Crippen LogP contribution in [-0.2, 0) is 5.41 Å². The maximum absolute atomic E-state index is 13.1. The van der Waals surface area contributed by atoms with Crippen LogP contribution in [0, 0.1) is 20.8 Å². The van der Waals surface area contributed by atoms with Crippen molar-refractivity contribution in [1.82, 2.24) is 0 Å². The molecule has 2 aromatic carbocycles. The van der Waals surface area contributed by atoms with Gasteiger partial charge in [-0.05, 0) is 80.9 Å². The van der Waals surface area contributed by atoms with Crippen molar-refractivity contribution >= 4 is 38.3 Å². The van der Waals surface area contributed by atoms with E-state index in [1.807, 2.05) is 6.07 Å². The summed E-state index contributed by atoms with van der Waals surface area (Å²) in [4.78, 5) is 13.1. The van der Waals surface area contributed by atoms with E-state index in [1.54, 1.807) is 0 Å². The number of unbranched alkanes of at least 4 members (excludes halogenated alkanes) is 3. The van der Waals surface area contributed by atoms with Crippen LogP contribution in [0.5, 0.6) is 5.75 Å². The second-order valence-electron chi connectivity index (χ2n) is 9.08. The van der Waals surface area contributed by atoms with E-state index in [1.165, 1.54) is 24.8 Å². The fraction of sp³-hybridized carbons (Fsp3) is 0.500. The SMILES string of the molecule is CCCCCCOc1ccc(PC(=O)c2c(C)cc(C(C)(C)C)cc2C)c(C)c1.[Li]. The first kappa shape index (κ1) is 27.0. The summed E-state index contributed by atoms with van der Waals surface area (Å²) in [7, 11) is 0.135. The molecular formula is C26H37LiO2P. The zero-order valence-corrected chi connectivity index (χ0v) is 21.2. The zero-order valence-electron chi connectivity index (χ0n) is 20.2. The Morgan fingerprint density at radius 1 is 0.933 bits per heavy atom. The van der Waals surface area contributed by atoms with Gasteiger partial charge in [-0.15, -0.1) is 0 Å². The van der Waals surface area contributed by atoms with Crippen LogP contribution in [0.15, 0.2) is 30.3 Å². The molecule has 4 heteroatoms. The molecule has 0 aliphatic rings. The number of benzene rings is 2. The van der Waals surface area contributed by atoms with Crippen molar-refractivity contribution in [1.29, 1.82) is 0 Å². The van der Waals surface area contributed by atoms with E-state index in [0.29, 0.717) is 0 Å². The predicted octanol–water partition coefficient (Wildman–Crippen LogP) is 6.63. The second kappa shape index (κ2) is 12.1. The van der Waals surface area contributed by atoms with Gasteiger partial charge in [-0.25, -0.2) is 0 Å². The Morgan fingerprint density at radius 2 is 1.57 bits per heavy atom. The van der Waals surface area contributed by atoms with Crippen LogP contribution >= 0.6 is 8.58 Å². The van der Waals surface area contributed by atoms with Crippen molar-refractivity contribution in [2.75, 3.05) is 6.61 Å². The van der Waals surface area contributed by atoms with E-state index in [9.17, 15) is 4.79 Å². The molecule has 0 saturated heterocycles. The summed E-state index contributed by atoms with van der Waals surface area (Å²) in [6.45, 7) is 15.8. The fourth-order valence-electron chi connectivity index (χ4n) is 3.52. The molecule has 159 valence electrons. The summed E-state index contributed by atoms with van der Waals surface area (Å²) < 4.78 is 5.88. The molecule has 30 heavy (non-hydrogen) atoms. The van der Waals surface area contributed by atoms with Crippen LogP contribution < -0.4 is 10.0 Å². The van der Waals surface area contributed by atoms with E-state index in [-0.39, 0.29) is 38.4 Å². The van der Waals surface area contributed by atoms with E-state index in [0.717, 1.165) is 46.3 Å². The number of carbonyl (C=O) groups is 1. The van der Waals surface area contributed by atoms with Crippen LogP contribution in [0.25, 0.3) is 0 Å². The Morgan fingerprint density at radius 3 is 2.10 bits per heavy atom. The molecule has 0 N–H and O–H groups in total. The van der Waals surface area contributed by atoms with Crippen molar-refractivity contribution in [3.63, 3.8) is 0 Å². The van der Waals surface area contributed by atoms with Crippen LogP contribution in [0.3, 0.4) is 0 Å². The summed E-state index contributed by atoms with van der Waals surface area (Å²) in [5, 5.41) is 1.10. The molecule has 0 bridgehead atoms. The van der Waals surface area contributed by atoms with Crippen LogP contribution in [0.1, 0.15) is 86.0 Å². The molecule has 2 nitrogen and oxygen atoms in total. The fourth-order valence-corrected chi connectivity index (χ4v) is 4.72. The van der Waals surface area contributed by atoms with Gasteiger partial charge in [0.1, 0.15) is 5.75 Å². The molecule has 1 atom stereocenters. The average molecular weight is 419 g/mol. The van der Waals surface area contributed by atoms with Crippen molar-refractivity contribution in [3.8, 4) is 5.75 Å². The van der Waals surface area contributed by atoms with Crippen molar-refractivity contribution in [3.05, 3.63) is 58.1 Å². The summed E-state index contributed by atoms with van der Waals surface area (Å²) in [5.74, 6) is 0.905. The summed E-state index contributed by atoms with van der Waals surface area (Å²) in [6.07, 6.45) is 4.81. The molecule has 0 spiro atoms. The van der Waals surface area contributed by atoms with Gasteiger partial charge in [-0.3, -0.25) is 4.79 Å². The molecule has 0 aliphatic carbocycles. The third-order valence-corrected chi connectivity index (χ3v) is 6.65. The first-order valence-electron chi connectivity index (χ1n) is 10.8. The molecule has 0 aliphatic heterocycles. The van der Waals surface area contributed by atoms with Gasteiger partial charge < -0.3 is 4.74 Å². The Hall–Kier alpha value is -1.06. The van der Waals surface area contributed by atoms with Gasteiger partial charge in [0.2, 0.25) is 0 Å². The molecule has 0 fully saturated rings. The van der Waals surface area contributed by atoms with Crippen LogP contribution in [-0.4, -0.2) is 31.0 Å². The van der Waals surface area contributed by atoms with E-state index in [4.69, 9.17) is 4.74 Å². The Balaban J connectivity index is 0.00000450. The minimum Gasteiger partial charge on any atom is -0.494 e. The van der Waals surface area contributed by atoms with Crippen LogP contribution in [0.4, 0.5) is 0 Å². The standard InChI is InChI=1S/C26H37O2P.Li/c1-8-9-10-11-14-28-22-12-13-23(18(2)17-22)29-25(27)24-19(3)15-21(16-20(24)4)26(5,6)7;/h12-13,15-17,29H,8-11,14H2,1-7H3;. The first-order chi connectivity index (χ1) is 13.6. The van der Waals surface area contributed by atoms with Gasteiger partial charge in [0.25, 0.3) is 0 Å². The summed E-state index contributed by atoms with van der Waals surface area (Å²) in [5.41, 5.74) is 5.76. The van der Waals surface area contributed by atoms with Crippen LogP contribution in [0.2, 0.25) is 0 Å². The molecule has 1 unspecified atom stereocenters. The Bertz CT molecular complexity index is 830. The van der Waals surface area contributed by atoms with E-state index < -0.39 is 0 Å². The predicted molar refractivity (Wildman–Crippen MR) is 133 cm³/mol. The quantitative estimate of drug-likeness (QED) is 0.259. The van der Waals surface area contributed by atoms with Crippen molar-refractivity contribution in [2.45, 2.75) is 79.6 Å². The molecule has 2 rings (SSSR count). The maximum Gasteiger partial charge on any atom is 0.186 e. The Labute approximate surface area is 197 Å². The minimum atomic E-state index is 0. The van der Waals surface area contributed by atoms with Gasteiger partial charge in [-0.2, -0.15) is 0 Å². The van der Waals surface area contributed by atoms with E-state index in [2.05, 4.69) is 72.7 Å². The number of hydrogen-bond acceptors (Lipinski definition) is 2. The van der Waals surface area contributed by atoms with E-state index >= 15 is 0 Å². The van der Waals surface area contributed by atoms with Gasteiger partial charge in [0.05, 0.1) is 6.61 Å². The normalized spacial score (nSPS) is 11.6. The summed E-state index contributed by atoms with van der Waals surface area (Å²) in [6, 6.07) is 10.5. The smallest absolute Gasteiger partial charge is 0.186 e. The van der Waals surface area contributed by atoms with Gasteiger partial charge in [0, 0.05) is 24.4 Å². The molecule has 0 heterocycles. The minimum absolute atomic E-state index is 0. The molecule has 2 aromatic rings. The van der Waals surface area contributed by atoms with Gasteiger partial charge in [-0.1, -0.05) is 65.2 Å². The molecular weight excluding hydrogens is 382 g/mol. The number of carbonyl (C=O) groups excluding carboxylic acids is 1. The average Bonchev–Trinajstić information content (AvgIpc) is 2.62.